The van der Waals surface area contributed by atoms with Crippen LogP contribution in [0.25, 0.3) is 0 Å². The standard InChI is InChI=1S/C22H31NO5/c1-5-20(24)17-9-11-18(12-10-17)27-13-21(25)28-16(4)22(26)23-19-8-6-7-14(2)15(19)3/h9-12,14-16,19H,5-8,13H2,1-4H3,(H,23,26)/t14-,15-,16-,19+/m0/s1. The Labute approximate surface area is 167 Å². The molecule has 0 bridgehead atoms. The summed E-state index contributed by atoms with van der Waals surface area (Å²) in [5.41, 5.74) is 0.606. The molecule has 4 atom stereocenters. The molecule has 0 heterocycles. The van der Waals surface area contributed by atoms with Crippen LogP contribution >= 0.6 is 0 Å². The van der Waals surface area contributed by atoms with Gasteiger partial charge in [-0.25, -0.2) is 4.79 Å². The van der Waals surface area contributed by atoms with Crippen LogP contribution in [-0.2, 0) is 14.3 Å². The molecule has 0 aromatic heterocycles. The number of benzene rings is 1. The van der Waals surface area contributed by atoms with Crippen LogP contribution in [0.2, 0.25) is 0 Å². The number of carbonyl (C=O) groups is 3. The van der Waals surface area contributed by atoms with E-state index < -0.39 is 12.1 Å². The molecule has 1 N–H and O–H groups in total. The fourth-order valence-corrected chi connectivity index (χ4v) is 3.45. The van der Waals surface area contributed by atoms with Gasteiger partial charge in [-0.05, 0) is 49.4 Å². The molecular formula is C22H31NO5. The van der Waals surface area contributed by atoms with E-state index in [9.17, 15) is 14.4 Å². The highest BCUT2D eigenvalue weighted by atomic mass is 16.6. The molecule has 28 heavy (non-hydrogen) atoms. The van der Waals surface area contributed by atoms with Crippen LogP contribution in [0.4, 0.5) is 0 Å². The Kier molecular flexibility index (Phi) is 8.03. The lowest BCUT2D eigenvalue weighted by atomic mass is 9.78. The lowest BCUT2D eigenvalue weighted by Crippen LogP contribution is -2.47. The number of hydrogen-bond donors (Lipinski definition) is 1. The number of Topliss-reactive ketones (excluding diaryl/α,β-unsaturated/α-hetero) is 1. The highest BCUT2D eigenvalue weighted by molar-refractivity contribution is 5.95. The minimum Gasteiger partial charge on any atom is -0.482 e. The first kappa shape index (κ1) is 21.9. The topological polar surface area (TPSA) is 81.7 Å². The number of nitrogens with one attached hydrogen (secondary N) is 1. The number of hydrogen-bond acceptors (Lipinski definition) is 5. The molecule has 1 aromatic carbocycles. The zero-order chi connectivity index (χ0) is 20.7. The molecular weight excluding hydrogens is 358 g/mol. The highest BCUT2D eigenvalue weighted by Gasteiger charge is 2.30. The summed E-state index contributed by atoms with van der Waals surface area (Å²) in [6.45, 7) is 7.42. The van der Waals surface area contributed by atoms with Gasteiger partial charge in [-0.15, -0.1) is 0 Å². The van der Waals surface area contributed by atoms with Crippen molar-refractivity contribution < 1.29 is 23.9 Å². The van der Waals surface area contributed by atoms with Gasteiger partial charge in [0.15, 0.2) is 18.5 Å². The van der Waals surface area contributed by atoms with Crippen LogP contribution in [0, 0.1) is 11.8 Å². The first-order chi connectivity index (χ1) is 13.3. The van der Waals surface area contributed by atoms with E-state index in [4.69, 9.17) is 9.47 Å². The summed E-state index contributed by atoms with van der Waals surface area (Å²) in [6.07, 6.45) is 2.80. The van der Waals surface area contributed by atoms with Crippen LogP contribution in [-0.4, -0.2) is 36.4 Å². The summed E-state index contributed by atoms with van der Waals surface area (Å²) in [7, 11) is 0. The van der Waals surface area contributed by atoms with Crippen molar-refractivity contribution in [2.75, 3.05) is 6.61 Å². The zero-order valence-electron chi connectivity index (χ0n) is 17.2. The van der Waals surface area contributed by atoms with Crippen LogP contribution in [0.1, 0.15) is 63.7 Å². The van der Waals surface area contributed by atoms with E-state index in [0.717, 1.165) is 12.8 Å². The Balaban J connectivity index is 1.77. The Hall–Kier alpha value is -2.37. The average Bonchev–Trinajstić information content (AvgIpc) is 2.69. The monoisotopic (exact) mass is 389 g/mol. The van der Waals surface area contributed by atoms with E-state index in [1.54, 1.807) is 38.1 Å². The number of amides is 1. The molecule has 0 spiro atoms. The van der Waals surface area contributed by atoms with Gasteiger partial charge < -0.3 is 14.8 Å². The smallest absolute Gasteiger partial charge is 0.344 e. The van der Waals surface area contributed by atoms with E-state index >= 15 is 0 Å². The van der Waals surface area contributed by atoms with Crippen molar-refractivity contribution in [3.63, 3.8) is 0 Å². The predicted molar refractivity (Wildman–Crippen MR) is 106 cm³/mol. The third-order valence-electron chi connectivity index (χ3n) is 5.57. The normalized spacial score (nSPS) is 22.8. The second-order valence-electron chi connectivity index (χ2n) is 7.60. The van der Waals surface area contributed by atoms with Crippen LogP contribution in [0.5, 0.6) is 5.75 Å². The fraction of sp³-hybridized carbons (Fsp3) is 0.591. The van der Waals surface area contributed by atoms with Gasteiger partial charge in [0, 0.05) is 18.0 Å². The number of ether oxygens (including phenoxy) is 2. The molecule has 0 saturated heterocycles. The minimum atomic E-state index is -0.870. The zero-order valence-corrected chi connectivity index (χ0v) is 17.2. The number of carbonyl (C=O) groups excluding carboxylic acids is 3. The van der Waals surface area contributed by atoms with Crippen LogP contribution in [0.3, 0.4) is 0 Å². The molecule has 2 rings (SSSR count). The molecule has 0 aliphatic heterocycles. The molecule has 1 aliphatic rings. The molecule has 154 valence electrons. The Morgan fingerprint density at radius 1 is 1.14 bits per heavy atom. The number of esters is 1. The fourth-order valence-electron chi connectivity index (χ4n) is 3.45. The van der Waals surface area contributed by atoms with Crippen LogP contribution < -0.4 is 10.1 Å². The summed E-state index contributed by atoms with van der Waals surface area (Å²) in [4.78, 5) is 35.9. The van der Waals surface area contributed by atoms with Crippen molar-refractivity contribution >= 4 is 17.7 Å². The minimum absolute atomic E-state index is 0.0486. The van der Waals surface area contributed by atoms with E-state index in [-0.39, 0.29) is 24.3 Å². The maximum Gasteiger partial charge on any atom is 0.344 e. The van der Waals surface area contributed by atoms with Gasteiger partial charge >= 0.3 is 5.97 Å². The summed E-state index contributed by atoms with van der Waals surface area (Å²) < 4.78 is 10.6. The summed E-state index contributed by atoms with van der Waals surface area (Å²) in [5.74, 6) is 0.609. The van der Waals surface area contributed by atoms with Gasteiger partial charge in [0.2, 0.25) is 0 Å². The molecule has 1 aromatic rings. The first-order valence-electron chi connectivity index (χ1n) is 10.1. The first-order valence-corrected chi connectivity index (χ1v) is 10.1. The molecule has 6 heteroatoms. The molecule has 1 fully saturated rings. The lowest BCUT2D eigenvalue weighted by molar-refractivity contribution is -0.157. The van der Waals surface area contributed by atoms with Gasteiger partial charge in [-0.3, -0.25) is 9.59 Å². The molecule has 1 saturated carbocycles. The van der Waals surface area contributed by atoms with Gasteiger partial charge in [-0.1, -0.05) is 33.6 Å². The predicted octanol–water partition coefficient (Wildman–Crippen LogP) is 3.53. The van der Waals surface area contributed by atoms with E-state index in [2.05, 4.69) is 19.2 Å². The lowest BCUT2D eigenvalue weighted by Gasteiger charge is -2.35. The molecule has 0 radical (unpaired) electrons. The summed E-state index contributed by atoms with van der Waals surface area (Å²) >= 11 is 0. The number of rotatable bonds is 8. The Morgan fingerprint density at radius 2 is 1.82 bits per heavy atom. The van der Waals surface area contributed by atoms with Gasteiger partial charge in [0.05, 0.1) is 0 Å². The third-order valence-corrected chi connectivity index (χ3v) is 5.57. The third kappa shape index (κ3) is 6.08. The second kappa shape index (κ2) is 10.2. The molecule has 6 nitrogen and oxygen atoms in total. The Morgan fingerprint density at radius 3 is 2.46 bits per heavy atom. The second-order valence-corrected chi connectivity index (χ2v) is 7.60. The summed E-state index contributed by atoms with van der Waals surface area (Å²) in [6, 6.07) is 6.72. The highest BCUT2D eigenvalue weighted by Crippen LogP contribution is 2.29. The van der Waals surface area contributed by atoms with Crippen LogP contribution in [0.15, 0.2) is 24.3 Å². The van der Waals surface area contributed by atoms with Crippen molar-refractivity contribution in [2.24, 2.45) is 11.8 Å². The van der Waals surface area contributed by atoms with Crippen molar-refractivity contribution in [3.8, 4) is 5.75 Å². The van der Waals surface area contributed by atoms with Crippen molar-refractivity contribution in [1.29, 1.82) is 0 Å². The molecule has 0 unspecified atom stereocenters. The van der Waals surface area contributed by atoms with E-state index in [1.165, 1.54) is 6.42 Å². The quantitative estimate of drug-likeness (QED) is 0.543. The Bertz CT molecular complexity index is 685. The van der Waals surface area contributed by atoms with Crippen molar-refractivity contribution in [2.45, 2.75) is 65.5 Å². The molecule has 1 amide bonds. The number of ketones is 1. The SMILES string of the molecule is CCC(=O)c1ccc(OCC(=O)O[C@@H](C)C(=O)N[C@@H]2CCC[C@H](C)[C@@H]2C)cc1. The molecule has 1 aliphatic carbocycles. The van der Waals surface area contributed by atoms with Gasteiger partial charge in [-0.2, -0.15) is 0 Å². The van der Waals surface area contributed by atoms with Gasteiger partial charge in [0.25, 0.3) is 5.91 Å². The largest absolute Gasteiger partial charge is 0.482 e. The van der Waals surface area contributed by atoms with E-state index in [1.807, 2.05) is 0 Å². The summed E-state index contributed by atoms with van der Waals surface area (Å²) in [5, 5.41) is 3.01. The average molecular weight is 389 g/mol. The van der Waals surface area contributed by atoms with Crippen molar-refractivity contribution in [1.82, 2.24) is 5.32 Å². The maximum absolute atomic E-state index is 12.3. The van der Waals surface area contributed by atoms with Gasteiger partial charge in [0.1, 0.15) is 5.75 Å². The van der Waals surface area contributed by atoms with E-state index in [0.29, 0.717) is 29.6 Å². The maximum atomic E-state index is 12.3. The van der Waals surface area contributed by atoms with Crippen molar-refractivity contribution in [3.05, 3.63) is 29.8 Å².